The Balaban J connectivity index is 1.63. The minimum atomic E-state index is -2.99. The van der Waals surface area contributed by atoms with E-state index in [1.54, 1.807) is 24.4 Å². The Hall–Kier alpha value is -2.85. The first-order valence-electron chi connectivity index (χ1n) is 8.41. The fourth-order valence-corrected chi connectivity index (χ4v) is 3.14. The Labute approximate surface area is 183 Å². The lowest BCUT2D eigenvalue weighted by atomic mass is 10.2. The van der Waals surface area contributed by atoms with Gasteiger partial charge in [-0.2, -0.15) is 13.9 Å². The maximum Gasteiger partial charge on any atom is 0.387 e. The quantitative estimate of drug-likeness (QED) is 0.458. The molecule has 0 saturated carbocycles. The summed E-state index contributed by atoms with van der Waals surface area (Å²) in [5, 5.41) is 7.18. The molecular weight excluding hydrogens is 488 g/mol. The van der Waals surface area contributed by atoms with E-state index in [2.05, 4.69) is 31.1 Å². The summed E-state index contributed by atoms with van der Waals surface area (Å²) in [6, 6.07) is 10.7. The number of rotatable bonds is 8. The van der Waals surface area contributed by atoms with E-state index in [0.29, 0.717) is 16.5 Å². The molecule has 0 bridgehead atoms. The molecule has 2 aromatic carbocycles. The first kappa shape index (κ1) is 21.8. The average molecular weight is 503 g/mol. The first-order valence-corrected chi connectivity index (χ1v) is 9.58. The minimum absolute atomic E-state index is 0.0438. The molecule has 0 spiro atoms. The number of amides is 1. The molecule has 0 aliphatic carbocycles. The summed E-state index contributed by atoms with van der Waals surface area (Å²) in [7, 11) is 1.30. The Morgan fingerprint density at radius 2 is 1.97 bits per heavy atom. The molecule has 158 valence electrons. The second kappa shape index (κ2) is 9.77. The molecule has 1 aromatic heterocycles. The van der Waals surface area contributed by atoms with Crippen LogP contribution in [0.25, 0.3) is 0 Å². The van der Waals surface area contributed by atoms with Crippen LogP contribution in [-0.4, -0.2) is 29.4 Å². The van der Waals surface area contributed by atoms with Gasteiger partial charge in [0, 0.05) is 22.4 Å². The standard InChI is InChI=1S/C19H15BrClF2N3O4/c1-28-17-9-12(3-5-16(17)30-19(22)23)24-18(27)14-6-7-26(25-14)10-29-15-4-2-11(20)8-13(15)21/h2-9,19H,10H2,1H3,(H,24,27). The highest BCUT2D eigenvalue weighted by Crippen LogP contribution is 2.31. The van der Waals surface area contributed by atoms with E-state index in [0.717, 1.165) is 4.47 Å². The topological polar surface area (TPSA) is 74.6 Å². The van der Waals surface area contributed by atoms with Gasteiger partial charge in [0.1, 0.15) is 5.75 Å². The van der Waals surface area contributed by atoms with Gasteiger partial charge < -0.3 is 19.5 Å². The Bertz CT molecular complexity index is 1050. The number of nitrogens with one attached hydrogen (secondary N) is 1. The molecule has 0 aliphatic rings. The van der Waals surface area contributed by atoms with Crippen molar-refractivity contribution >= 4 is 39.1 Å². The number of aromatic nitrogens is 2. The predicted molar refractivity (Wildman–Crippen MR) is 110 cm³/mol. The van der Waals surface area contributed by atoms with Gasteiger partial charge in [-0.05, 0) is 36.4 Å². The van der Waals surface area contributed by atoms with E-state index in [9.17, 15) is 13.6 Å². The fraction of sp³-hybridized carbons (Fsp3) is 0.158. The molecule has 30 heavy (non-hydrogen) atoms. The average Bonchev–Trinajstić information content (AvgIpc) is 3.17. The van der Waals surface area contributed by atoms with Gasteiger partial charge in [0.05, 0.1) is 12.1 Å². The van der Waals surface area contributed by atoms with Crippen LogP contribution in [-0.2, 0) is 6.73 Å². The highest BCUT2D eigenvalue weighted by molar-refractivity contribution is 9.10. The third-order valence-electron chi connectivity index (χ3n) is 3.76. The van der Waals surface area contributed by atoms with Crippen LogP contribution in [0.2, 0.25) is 5.02 Å². The van der Waals surface area contributed by atoms with Crippen molar-refractivity contribution in [1.82, 2.24) is 9.78 Å². The van der Waals surface area contributed by atoms with Crippen molar-refractivity contribution in [3.63, 3.8) is 0 Å². The molecule has 7 nitrogen and oxygen atoms in total. The molecule has 0 saturated heterocycles. The second-order valence-electron chi connectivity index (χ2n) is 5.79. The zero-order valence-corrected chi connectivity index (χ0v) is 17.8. The van der Waals surface area contributed by atoms with Crippen LogP contribution in [0.15, 0.2) is 53.1 Å². The number of halogens is 4. The monoisotopic (exact) mass is 501 g/mol. The molecule has 1 heterocycles. The number of carbonyl (C=O) groups excluding carboxylic acids is 1. The minimum Gasteiger partial charge on any atom is -0.493 e. The number of hydrogen-bond acceptors (Lipinski definition) is 5. The number of carbonyl (C=O) groups is 1. The summed E-state index contributed by atoms with van der Waals surface area (Å²) in [5.74, 6) is -0.114. The fourth-order valence-electron chi connectivity index (χ4n) is 2.42. The van der Waals surface area contributed by atoms with Crippen molar-refractivity contribution in [1.29, 1.82) is 0 Å². The number of nitrogens with zero attached hydrogens (tertiary/aromatic N) is 2. The van der Waals surface area contributed by atoms with E-state index >= 15 is 0 Å². The van der Waals surface area contributed by atoms with Crippen LogP contribution in [0.3, 0.4) is 0 Å². The van der Waals surface area contributed by atoms with Gasteiger partial charge in [0.15, 0.2) is 23.9 Å². The largest absolute Gasteiger partial charge is 0.493 e. The molecule has 0 unspecified atom stereocenters. The number of anilines is 1. The molecule has 0 fully saturated rings. The van der Waals surface area contributed by atoms with Crippen molar-refractivity contribution in [3.8, 4) is 17.2 Å². The molecule has 1 N–H and O–H groups in total. The van der Waals surface area contributed by atoms with E-state index in [4.69, 9.17) is 21.1 Å². The van der Waals surface area contributed by atoms with Crippen LogP contribution in [0.1, 0.15) is 10.5 Å². The highest BCUT2D eigenvalue weighted by Gasteiger charge is 2.14. The van der Waals surface area contributed by atoms with Crippen LogP contribution in [0, 0.1) is 0 Å². The van der Waals surface area contributed by atoms with Crippen LogP contribution in [0.5, 0.6) is 17.2 Å². The molecule has 3 rings (SSSR count). The highest BCUT2D eigenvalue weighted by atomic mass is 79.9. The third-order valence-corrected chi connectivity index (χ3v) is 4.55. The van der Waals surface area contributed by atoms with Crippen LogP contribution < -0.4 is 19.5 Å². The molecular formula is C19H15BrClF2N3O4. The molecule has 3 aromatic rings. The summed E-state index contributed by atoms with van der Waals surface area (Å²) < 4.78 is 42.0. The van der Waals surface area contributed by atoms with Crippen LogP contribution in [0.4, 0.5) is 14.5 Å². The van der Waals surface area contributed by atoms with Crippen LogP contribution >= 0.6 is 27.5 Å². The van der Waals surface area contributed by atoms with E-state index in [-0.39, 0.29) is 23.9 Å². The smallest absolute Gasteiger partial charge is 0.387 e. The predicted octanol–water partition coefficient (Wildman–Crippen LogP) is 5.20. The molecule has 0 radical (unpaired) electrons. The van der Waals surface area contributed by atoms with Crippen molar-refractivity contribution in [2.24, 2.45) is 0 Å². The maximum absolute atomic E-state index is 12.4. The normalized spacial score (nSPS) is 10.7. The lowest BCUT2D eigenvalue weighted by Gasteiger charge is -2.11. The zero-order valence-electron chi connectivity index (χ0n) is 15.4. The van der Waals surface area contributed by atoms with Crippen molar-refractivity contribution in [2.75, 3.05) is 12.4 Å². The lowest BCUT2D eigenvalue weighted by Crippen LogP contribution is -2.14. The van der Waals surface area contributed by atoms with E-state index in [1.165, 1.54) is 36.1 Å². The Morgan fingerprint density at radius 1 is 1.20 bits per heavy atom. The SMILES string of the molecule is COc1cc(NC(=O)c2ccn(COc3ccc(Br)cc3Cl)n2)ccc1OC(F)F. The van der Waals surface area contributed by atoms with Gasteiger partial charge in [-0.3, -0.25) is 4.79 Å². The van der Waals surface area contributed by atoms with E-state index in [1.807, 2.05) is 0 Å². The summed E-state index contributed by atoms with van der Waals surface area (Å²) in [6.45, 7) is -2.94. The number of hydrogen-bond donors (Lipinski definition) is 1. The molecule has 11 heteroatoms. The third kappa shape index (κ3) is 5.61. The number of ether oxygens (including phenoxy) is 3. The van der Waals surface area contributed by atoms with Gasteiger partial charge in [-0.25, -0.2) is 4.68 Å². The van der Waals surface area contributed by atoms with Gasteiger partial charge in [-0.1, -0.05) is 27.5 Å². The molecule has 0 aliphatic heterocycles. The number of alkyl halides is 2. The van der Waals surface area contributed by atoms with Crippen molar-refractivity contribution in [3.05, 3.63) is 63.9 Å². The zero-order chi connectivity index (χ0) is 21.7. The number of benzene rings is 2. The second-order valence-corrected chi connectivity index (χ2v) is 7.11. The Kier molecular flexibility index (Phi) is 7.11. The molecule has 0 atom stereocenters. The Morgan fingerprint density at radius 3 is 2.67 bits per heavy atom. The summed E-state index contributed by atoms with van der Waals surface area (Å²) in [5.41, 5.74) is 0.457. The van der Waals surface area contributed by atoms with E-state index < -0.39 is 12.5 Å². The summed E-state index contributed by atoms with van der Waals surface area (Å²) >= 11 is 9.41. The number of methoxy groups -OCH3 is 1. The van der Waals surface area contributed by atoms with Gasteiger partial charge in [0.2, 0.25) is 0 Å². The van der Waals surface area contributed by atoms with Crippen molar-refractivity contribution < 1.29 is 27.8 Å². The lowest BCUT2D eigenvalue weighted by molar-refractivity contribution is -0.0512. The van der Waals surface area contributed by atoms with Gasteiger partial charge >= 0.3 is 6.61 Å². The summed E-state index contributed by atoms with van der Waals surface area (Å²) in [4.78, 5) is 12.4. The van der Waals surface area contributed by atoms with Gasteiger partial charge in [-0.15, -0.1) is 0 Å². The summed E-state index contributed by atoms with van der Waals surface area (Å²) in [6.07, 6.45) is 1.57. The maximum atomic E-state index is 12.4. The van der Waals surface area contributed by atoms with Crippen molar-refractivity contribution in [2.45, 2.75) is 13.3 Å². The first-order chi connectivity index (χ1) is 14.4. The van der Waals surface area contributed by atoms with Gasteiger partial charge in [0.25, 0.3) is 5.91 Å². The molecule has 1 amide bonds.